The first-order valence-corrected chi connectivity index (χ1v) is 4.72. The van der Waals surface area contributed by atoms with Gasteiger partial charge in [-0.05, 0) is 12.1 Å². The molecule has 0 atom stereocenters. The normalized spacial score (nSPS) is 11.8. The minimum atomic E-state index is -4.44. The third kappa shape index (κ3) is 2.04. The van der Waals surface area contributed by atoms with Gasteiger partial charge in [0.2, 0.25) is 0 Å². The Labute approximate surface area is 94.3 Å². The van der Waals surface area contributed by atoms with Gasteiger partial charge in [0, 0.05) is 6.20 Å². The highest BCUT2D eigenvalue weighted by Gasteiger charge is 2.33. The van der Waals surface area contributed by atoms with Gasteiger partial charge in [0.15, 0.2) is 5.69 Å². The van der Waals surface area contributed by atoms with Crippen molar-refractivity contribution in [3.05, 3.63) is 47.5 Å². The van der Waals surface area contributed by atoms with Crippen LogP contribution in [0, 0.1) is 0 Å². The van der Waals surface area contributed by atoms with E-state index in [1.165, 1.54) is 4.57 Å². The van der Waals surface area contributed by atoms with E-state index in [9.17, 15) is 13.2 Å². The second-order valence-corrected chi connectivity index (χ2v) is 3.52. The van der Waals surface area contributed by atoms with Crippen LogP contribution in [0.5, 0.6) is 0 Å². The molecule has 0 spiro atoms. The molecule has 1 aromatic heterocycles. The molecule has 0 aliphatic heterocycles. The largest absolute Gasteiger partial charge is 0.434 e. The number of halogens is 4. The van der Waals surface area contributed by atoms with Gasteiger partial charge in [-0.25, -0.2) is 4.98 Å². The fraction of sp³-hybridized carbons (Fsp3) is 0.100. The van der Waals surface area contributed by atoms with Crippen LogP contribution in [-0.2, 0) is 6.18 Å². The third-order valence-electron chi connectivity index (χ3n) is 2.00. The molecule has 16 heavy (non-hydrogen) atoms. The standard InChI is InChI=1S/C10H6ClF3N2/c11-7-3-1-2-4-8(7)16-5-9(15-6-16)10(12,13)14/h1-6H. The van der Waals surface area contributed by atoms with Crippen molar-refractivity contribution >= 4 is 11.6 Å². The van der Waals surface area contributed by atoms with Gasteiger partial charge >= 0.3 is 6.18 Å². The average molecular weight is 247 g/mol. The predicted octanol–water partition coefficient (Wildman–Crippen LogP) is 3.54. The molecular formula is C10H6ClF3N2. The van der Waals surface area contributed by atoms with Crippen LogP contribution in [0.4, 0.5) is 13.2 Å². The van der Waals surface area contributed by atoms with Crippen molar-refractivity contribution in [2.75, 3.05) is 0 Å². The summed E-state index contributed by atoms with van der Waals surface area (Å²) in [6.45, 7) is 0. The van der Waals surface area contributed by atoms with Crippen LogP contribution in [-0.4, -0.2) is 9.55 Å². The van der Waals surface area contributed by atoms with E-state index >= 15 is 0 Å². The number of benzene rings is 1. The lowest BCUT2D eigenvalue weighted by atomic mass is 10.3. The van der Waals surface area contributed by atoms with E-state index in [4.69, 9.17) is 11.6 Å². The molecule has 0 saturated heterocycles. The van der Waals surface area contributed by atoms with Crippen molar-refractivity contribution in [1.82, 2.24) is 9.55 Å². The lowest BCUT2D eigenvalue weighted by Gasteiger charge is -2.04. The van der Waals surface area contributed by atoms with E-state index in [1.54, 1.807) is 24.3 Å². The molecular weight excluding hydrogens is 241 g/mol. The summed E-state index contributed by atoms with van der Waals surface area (Å²) in [5.74, 6) is 0. The summed E-state index contributed by atoms with van der Waals surface area (Å²) in [5.41, 5.74) is -0.473. The van der Waals surface area contributed by atoms with Crippen LogP contribution in [0.15, 0.2) is 36.8 Å². The molecule has 1 aromatic carbocycles. The maximum absolute atomic E-state index is 12.3. The van der Waals surface area contributed by atoms with Gasteiger partial charge in [-0.2, -0.15) is 13.2 Å². The predicted molar refractivity (Wildman–Crippen MR) is 53.6 cm³/mol. The molecule has 6 heteroatoms. The van der Waals surface area contributed by atoms with Crippen LogP contribution in [0.1, 0.15) is 5.69 Å². The van der Waals surface area contributed by atoms with E-state index in [1.807, 2.05) is 0 Å². The van der Waals surface area contributed by atoms with Crippen molar-refractivity contribution < 1.29 is 13.2 Å². The molecule has 1 heterocycles. The van der Waals surface area contributed by atoms with Crippen LogP contribution in [0.2, 0.25) is 5.02 Å². The van der Waals surface area contributed by atoms with Crippen molar-refractivity contribution in [1.29, 1.82) is 0 Å². The zero-order valence-corrected chi connectivity index (χ0v) is 8.63. The van der Waals surface area contributed by atoms with E-state index in [2.05, 4.69) is 4.98 Å². The Hall–Kier alpha value is -1.49. The SMILES string of the molecule is FC(F)(F)c1cn(-c2ccccc2Cl)cn1. The Balaban J connectivity index is 2.44. The first-order chi connectivity index (χ1) is 7.48. The lowest BCUT2D eigenvalue weighted by molar-refractivity contribution is -0.140. The highest BCUT2D eigenvalue weighted by molar-refractivity contribution is 6.32. The molecule has 0 bridgehead atoms. The Morgan fingerprint density at radius 1 is 1.19 bits per heavy atom. The highest BCUT2D eigenvalue weighted by atomic mass is 35.5. The second kappa shape index (κ2) is 3.83. The lowest BCUT2D eigenvalue weighted by Crippen LogP contribution is -2.04. The number of hydrogen-bond donors (Lipinski definition) is 0. The maximum Gasteiger partial charge on any atom is 0.434 e. The first kappa shape index (κ1) is 11.0. The number of rotatable bonds is 1. The van der Waals surface area contributed by atoms with Gasteiger partial charge < -0.3 is 4.57 Å². The Morgan fingerprint density at radius 2 is 1.88 bits per heavy atom. The van der Waals surface area contributed by atoms with Crippen LogP contribution < -0.4 is 0 Å². The highest BCUT2D eigenvalue weighted by Crippen LogP contribution is 2.29. The summed E-state index contributed by atoms with van der Waals surface area (Å²) in [6.07, 6.45) is -2.45. The van der Waals surface area contributed by atoms with Crippen molar-refractivity contribution in [3.8, 4) is 5.69 Å². The van der Waals surface area contributed by atoms with E-state index in [0.29, 0.717) is 10.7 Å². The number of imidazole rings is 1. The van der Waals surface area contributed by atoms with E-state index in [-0.39, 0.29) is 0 Å². The minimum Gasteiger partial charge on any atom is -0.304 e. The fourth-order valence-corrected chi connectivity index (χ4v) is 1.50. The van der Waals surface area contributed by atoms with E-state index < -0.39 is 11.9 Å². The summed E-state index contributed by atoms with van der Waals surface area (Å²) < 4.78 is 38.2. The van der Waals surface area contributed by atoms with E-state index in [0.717, 1.165) is 12.5 Å². The van der Waals surface area contributed by atoms with Crippen molar-refractivity contribution in [2.45, 2.75) is 6.18 Å². The van der Waals surface area contributed by atoms with Gasteiger partial charge in [-0.1, -0.05) is 23.7 Å². The fourth-order valence-electron chi connectivity index (χ4n) is 1.26. The third-order valence-corrected chi connectivity index (χ3v) is 2.32. The maximum atomic E-state index is 12.3. The van der Waals surface area contributed by atoms with Crippen molar-refractivity contribution in [3.63, 3.8) is 0 Å². The average Bonchev–Trinajstić information content (AvgIpc) is 2.66. The van der Waals surface area contributed by atoms with Crippen LogP contribution >= 0.6 is 11.6 Å². The summed E-state index contributed by atoms with van der Waals surface area (Å²) in [4.78, 5) is 3.28. The number of alkyl halides is 3. The molecule has 0 saturated carbocycles. The summed E-state index contributed by atoms with van der Waals surface area (Å²) in [7, 11) is 0. The molecule has 2 aromatic rings. The molecule has 0 N–H and O–H groups in total. The van der Waals surface area contributed by atoms with Gasteiger partial charge in [0.05, 0.1) is 17.0 Å². The summed E-state index contributed by atoms with van der Waals surface area (Å²) >= 11 is 5.85. The van der Waals surface area contributed by atoms with Gasteiger partial charge in [-0.15, -0.1) is 0 Å². The Bertz CT molecular complexity index is 505. The molecule has 2 rings (SSSR count). The Morgan fingerprint density at radius 3 is 2.44 bits per heavy atom. The molecule has 0 fully saturated rings. The molecule has 0 aliphatic rings. The first-order valence-electron chi connectivity index (χ1n) is 4.34. The zero-order chi connectivity index (χ0) is 11.8. The summed E-state index contributed by atoms with van der Waals surface area (Å²) in [5, 5.41) is 0.369. The number of nitrogens with zero attached hydrogens (tertiary/aromatic N) is 2. The molecule has 0 unspecified atom stereocenters. The smallest absolute Gasteiger partial charge is 0.304 e. The van der Waals surface area contributed by atoms with Crippen LogP contribution in [0.3, 0.4) is 0 Å². The van der Waals surface area contributed by atoms with Gasteiger partial charge in [-0.3, -0.25) is 0 Å². The molecule has 0 radical (unpaired) electrons. The monoisotopic (exact) mass is 246 g/mol. The molecule has 0 amide bonds. The topological polar surface area (TPSA) is 17.8 Å². The van der Waals surface area contributed by atoms with Gasteiger partial charge in [0.1, 0.15) is 0 Å². The zero-order valence-electron chi connectivity index (χ0n) is 7.87. The van der Waals surface area contributed by atoms with Crippen molar-refractivity contribution in [2.24, 2.45) is 0 Å². The quantitative estimate of drug-likeness (QED) is 0.752. The summed E-state index contributed by atoms with van der Waals surface area (Å²) in [6, 6.07) is 6.61. The Kier molecular flexibility index (Phi) is 2.63. The van der Waals surface area contributed by atoms with Crippen LogP contribution in [0.25, 0.3) is 5.69 Å². The number of aromatic nitrogens is 2. The second-order valence-electron chi connectivity index (χ2n) is 3.12. The molecule has 2 nitrogen and oxygen atoms in total. The number of hydrogen-bond acceptors (Lipinski definition) is 1. The molecule has 84 valence electrons. The molecule has 0 aliphatic carbocycles. The minimum absolute atomic E-state index is 0.369. The van der Waals surface area contributed by atoms with Gasteiger partial charge in [0.25, 0.3) is 0 Å². The number of para-hydroxylation sites is 1.